The zero-order valence-electron chi connectivity index (χ0n) is 7.49. The van der Waals surface area contributed by atoms with Crippen LogP contribution in [-0.4, -0.2) is 23.4 Å². The third kappa shape index (κ3) is 1.15. The predicted octanol–water partition coefficient (Wildman–Crippen LogP) is 1.57. The van der Waals surface area contributed by atoms with E-state index in [9.17, 15) is 4.79 Å². The molecule has 1 amide bonds. The van der Waals surface area contributed by atoms with Crippen molar-refractivity contribution in [3.8, 4) is 0 Å². The van der Waals surface area contributed by atoms with Crippen LogP contribution in [0.15, 0.2) is 12.2 Å². The molecular formula is C10H15NO. The molecule has 2 nitrogen and oxygen atoms in total. The van der Waals surface area contributed by atoms with E-state index in [2.05, 4.69) is 19.1 Å². The third-order valence-corrected chi connectivity index (χ3v) is 3.04. The summed E-state index contributed by atoms with van der Waals surface area (Å²) in [7, 11) is 0. The summed E-state index contributed by atoms with van der Waals surface area (Å²) in [6, 6.07) is 0.497. The number of hydrogen-bond acceptors (Lipinski definition) is 1. The van der Waals surface area contributed by atoms with Crippen molar-refractivity contribution in [2.75, 3.05) is 6.54 Å². The molecule has 0 N–H and O–H groups in total. The van der Waals surface area contributed by atoms with Crippen LogP contribution in [0.4, 0.5) is 0 Å². The lowest BCUT2D eigenvalue weighted by Gasteiger charge is -2.40. The van der Waals surface area contributed by atoms with Crippen LogP contribution in [-0.2, 0) is 4.79 Å². The highest BCUT2D eigenvalue weighted by molar-refractivity contribution is 5.77. The summed E-state index contributed by atoms with van der Waals surface area (Å²) in [6.07, 6.45) is 7.20. The summed E-state index contributed by atoms with van der Waals surface area (Å²) in [5.41, 5.74) is 0. The van der Waals surface area contributed by atoms with E-state index in [0.717, 1.165) is 25.8 Å². The average Bonchev–Trinajstić information content (AvgIpc) is 2.12. The smallest absolute Gasteiger partial charge is 0.223 e. The lowest BCUT2D eigenvalue weighted by atomic mass is 9.87. The molecule has 66 valence electrons. The van der Waals surface area contributed by atoms with E-state index in [1.54, 1.807) is 0 Å². The first-order chi connectivity index (χ1) is 5.79. The van der Waals surface area contributed by atoms with Crippen molar-refractivity contribution in [3.05, 3.63) is 12.2 Å². The summed E-state index contributed by atoms with van der Waals surface area (Å²) in [5, 5.41) is 0. The fraction of sp³-hybridized carbons (Fsp3) is 0.700. The van der Waals surface area contributed by atoms with Crippen LogP contribution in [0.25, 0.3) is 0 Å². The quantitative estimate of drug-likeness (QED) is 0.499. The number of nitrogens with zero attached hydrogens (tertiary/aromatic N) is 1. The number of hydrogen-bond donors (Lipinski definition) is 0. The zero-order chi connectivity index (χ0) is 8.55. The van der Waals surface area contributed by atoms with E-state index in [-0.39, 0.29) is 0 Å². The molecule has 1 saturated heterocycles. The van der Waals surface area contributed by atoms with Crippen LogP contribution in [0, 0.1) is 5.92 Å². The van der Waals surface area contributed by atoms with E-state index in [1.807, 2.05) is 4.90 Å². The van der Waals surface area contributed by atoms with Gasteiger partial charge in [-0.15, -0.1) is 0 Å². The highest BCUT2D eigenvalue weighted by atomic mass is 16.2. The molecule has 0 saturated carbocycles. The first kappa shape index (κ1) is 7.84. The minimum Gasteiger partial charge on any atom is -0.335 e. The monoisotopic (exact) mass is 165 g/mol. The molecule has 0 aromatic heterocycles. The minimum atomic E-state index is 0.349. The number of fused-ring (bicyclic) bond motifs is 1. The Kier molecular flexibility index (Phi) is 1.91. The molecule has 1 fully saturated rings. The van der Waals surface area contributed by atoms with Gasteiger partial charge < -0.3 is 4.90 Å². The van der Waals surface area contributed by atoms with Crippen molar-refractivity contribution < 1.29 is 4.79 Å². The first-order valence-electron chi connectivity index (χ1n) is 4.73. The van der Waals surface area contributed by atoms with Gasteiger partial charge in [-0.3, -0.25) is 4.79 Å². The number of rotatable bonds is 0. The lowest BCUT2D eigenvalue weighted by Crippen LogP contribution is -2.48. The molecule has 12 heavy (non-hydrogen) atoms. The van der Waals surface area contributed by atoms with Crippen molar-refractivity contribution >= 4 is 5.91 Å². The number of amides is 1. The lowest BCUT2D eigenvalue weighted by molar-refractivity contribution is -0.137. The predicted molar refractivity (Wildman–Crippen MR) is 47.7 cm³/mol. The van der Waals surface area contributed by atoms with Crippen LogP contribution >= 0.6 is 0 Å². The van der Waals surface area contributed by atoms with Crippen molar-refractivity contribution in [2.24, 2.45) is 5.92 Å². The van der Waals surface area contributed by atoms with Gasteiger partial charge in [0.2, 0.25) is 5.91 Å². The number of piperidine rings is 1. The van der Waals surface area contributed by atoms with Gasteiger partial charge in [-0.25, -0.2) is 0 Å². The Labute approximate surface area is 73.2 Å². The zero-order valence-corrected chi connectivity index (χ0v) is 7.49. The van der Waals surface area contributed by atoms with E-state index >= 15 is 0 Å². The molecule has 0 radical (unpaired) electrons. The topological polar surface area (TPSA) is 20.3 Å². The average molecular weight is 165 g/mol. The van der Waals surface area contributed by atoms with Gasteiger partial charge in [-0.05, 0) is 18.8 Å². The van der Waals surface area contributed by atoms with Gasteiger partial charge in [0.05, 0.1) is 0 Å². The van der Waals surface area contributed by atoms with Crippen LogP contribution in [0.2, 0.25) is 0 Å². The molecule has 0 aliphatic carbocycles. The fourth-order valence-electron chi connectivity index (χ4n) is 2.20. The summed E-state index contributed by atoms with van der Waals surface area (Å²) in [5.74, 6) is 1.04. The Balaban J connectivity index is 2.17. The van der Waals surface area contributed by atoms with Gasteiger partial charge in [0.15, 0.2) is 0 Å². The number of carbonyl (C=O) groups excluding carboxylic acids is 1. The maximum absolute atomic E-state index is 11.5. The standard InChI is InChI=1S/C10H15NO/c1-8-5-6-10(12)11-7-3-2-4-9(8)11/h2-3,8-9H,4-7H2,1H3. The first-order valence-corrected chi connectivity index (χ1v) is 4.73. The van der Waals surface area contributed by atoms with Crippen molar-refractivity contribution in [2.45, 2.75) is 32.2 Å². The second-order valence-corrected chi connectivity index (χ2v) is 3.84. The molecule has 2 aliphatic rings. The molecule has 2 heterocycles. The van der Waals surface area contributed by atoms with Gasteiger partial charge in [0.1, 0.15) is 0 Å². The van der Waals surface area contributed by atoms with Crippen molar-refractivity contribution in [3.63, 3.8) is 0 Å². The summed E-state index contributed by atoms with van der Waals surface area (Å²) in [6.45, 7) is 3.09. The van der Waals surface area contributed by atoms with Crippen molar-refractivity contribution in [1.82, 2.24) is 4.90 Å². The van der Waals surface area contributed by atoms with Gasteiger partial charge in [-0.1, -0.05) is 19.1 Å². The molecule has 2 heteroatoms. The molecule has 0 aromatic rings. The second kappa shape index (κ2) is 2.92. The van der Waals surface area contributed by atoms with Gasteiger partial charge in [0, 0.05) is 19.0 Å². The molecule has 2 aliphatic heterocycles. The Hall–Kier alpha value is -0.790. The van der Waals surface area contributed by atoms with E-state index in [0.29, 0.717) is 17.9 Å². The Morgan fingerprint density at radius 2 is 2.33 bits per heavy atom. The molecule has 0 spiro atoms. The Morgan fingerprint density at radius 1 is 1.50 bits per heavy atom. The minimum absolute atomic E-state index is 0.349. The van der Waals surface area contributed by atoms with Crippen LogP contribution in [0.3, 0.4) is 0 Å². The van der Waals surface area contributed by atoms with Crippen molar-refractivity contribution in [1.29, 1.82) is 0 Å². The number of carbonyl (C=O) groups is 1. The second-order valence-electron chi connectivity index (χ2n) is 3.84. The maximum Gasteiger partial charge on any atom is 0.223 e. The molecule has 0 bridgehead atoms. The molecule has 2 atom stereocenters. The summed E-state index contributed by atoms with van der Waals surface area (Å²) in [4.78, 5) is 13.5. The Bertz CT molecular complexity index is 222. The Morgan fingerprint density at radius 3 is 3.08 bits per heavy atom. The largest absolute Gasteiger partial charge is 0.335 e. The fourth-order valence-corrected chi connectivity index (χ4v) is 2.20. The molecule has 0 aromatic carbocycles. The highest BCUT2D eigenvalue weighted by Gasteiger charge is 2.32. The van der Waals surface area contributed by atoms with Gasteiger partial charge >= 0.3 is 0 Å². The molecule has 2 unspecified atom stereocenters. The molecule has 2 rings (SSSR count). The normalized spacial score (nSPS) is 35.1. The van der Waals surface area contributed by atoms with E-state index < -0.39 is 0 Å². The SMILES string of the molecule is CC1CCC(=O)N2CC=CCC12. The van der Waals surface area contributed by atoms with Crippen LogP contribution < -0.4 is 0 Å². The van der Waals surface area contributed by atoms with E-state index in [1.165, 1.54) is 0 Å². The summed E-state index contributed by atoms with van der Waals surface area (Å²) < 4.78 is 0. The van der Waals surface area contributed by atoms with Gasteiger partial charge in [0.25, 0.3) is 0 Å². The maximum atomic E-state index is 11.5. The summed E-state index contributed by atoms with van der Waals surface area (Å²) >= 11 is 0. The molecular weight excluding hydrogens is 150 g/mol. The van der Waals surface area contributed by atoms with E-state index in [4.69, 9.17) is 0 Å². The third-order valence-electron chi connectivity index (χ3n) is 3.04. The van der Waals surface area contributed by atoms with Crippen LogP contribution in [0.5, 0.6) is 0 Å². The highest BCUT2D eigenvalue weighted by Crippen LogP contribution is 2.28. The van der Waals surface area contributed by atoms with Crippen LogP contribution in [0.1, 0.15) is 26.2 Å². The van der Waals surface area contributed by atoms with Gasteiger partial charge in [-0.2, -0.15) is 0 Å².